The maximum atomic E-state index is 13.0. The Labute approximate surface area is 187 Å². The van der Waals surface area contributed by atoms with E-state index in [0.29, 0.717) is 32.0 Å². The Hall–Kier alpha value is -3.29. The summed E-state index contributed by atoms with van der Waals surface area (Å²) in [4.78, 5) is 38.0. The molecule has 8 nitrogen and oxygen atoms in total. The van der Waals surface area contributed by atoms with Gasteiger partial charge in [-0.05, 0) is 57.4 Å². The van der Waals surface area contributed by atoms with Gasteiger partial charge in [0.1, 0.15) is 6.04 Å². The van der Waals surface area contributed by atoms with Crippen molar-refractivity contribution in [3.8, 4) is 5.82 Å². The average Bonchev–Trinajstić information content (AvgIpc) is 3.41. The molecule has 3 aromatic rings. The van der Waals surface area contributed by atoms with Crippen LogP contribution in [0.25, 0.3) is 16.9 Å². The number of hydrogen-bond acceptors (Lipinski definition) is 5. The number of hydrogen-bond donors (Lipinski definition) is 0. The maximum Gasteiger partial charge on any atom is 0.245 e. The zero-order valence-electron chi connectivity index (χ0n) is 18.6. The predicted molar refractivity (Wildman–Crippen MR) is 120 cm³/mol. The number of nitrogens with zero attached hydrogens (tertiary/aromatic N) is 6. The fourth-order valence-corrected chi connectivity index (χ4v) is 4.90. The summed E-state index contributed by atoms with van der Waals surface area (Å²) in [7, 11) is 0. The van der Waals surface area contributed by atoms with Gasteiger partial charge >= 0.3 is 0 Å². The molecule has 0 spiro atoms. The van der Waals surface area contributed by atoms with Crippen molar-refractivity contribution in [3.63, 3.8) is 0 Å². The van der Waals surface area contributed by atoms with Crippen molar-refractivity contribution >= 4 is 22.8 Å². The molecule has 8 heteroatoms. The fourth-order valence-electron chi connectivity index (χ4n) is 4.90. The highest BCUT2D eigenvalue weighted by molar-refractivity contribution is 5.88. The molecule has 32 heavy (non-hydrogen) atoms. The molecule has 0 N–H and O–H groups in total. The molecule has 2 fully saturated rings. The molecule has 2 aliphatic rings. The standard InChI is InChI=1S/C24H28N6O2/c1-16-19-8-9-20(26-23(19)30(27-16)21-6-3-4-12-25-21)18-10-14-28(15-11-18)24(32)17(2)29-13-5-7-22(29)31/h3-4,6,8-9,12,17-18H,5,7,10-11,13-15H2,1-2H3. The molecular formula is C24H28N6O2. The molecule has 0 aromatic carbocycles. The Balaban J connectivity index is 1.32. The summed E-state index contributed by atoms with van der Waals surface area (Å²) in [6.07, 6.45) is 4.89. The zero-order valence-corrected chi connectivity index (χ0v) is 18.6. The van der Waals surface area contributed by atoms with E-state index in [9.17, 15) is 9.59 Å². The van der Waals surface area contributed by atoms with Crippen LogP contribution in [0, 0.1) is 6.92 Å². The highest BCUT2D eigenvalue weighted by Gasteiger charge is 2.34. The summed E-state index contributed by atoms with van der Waals surface area (Å²) in [5.74, 6) is 1.20. The second kappa shape index (κ2) is 8.33. The lowest BCUT2D eigenvalue weighted by molar-refractivity contribution is -0.143. The quantitative estimate of drug-likeness (QED) is 0.633. The van der Waals surface area contributed by atoms with Gasteiger partial charge in [0.05, 0.1) is 5.69 Å². The molecule has 0 aliphatic carbocycles. The predicted octanol–water partition coefficient (Wildman–Crippen LogP) is 2.84. The first-order chi connectivity index (χ1) is 15.5. The van der Waals surface area contributed by atoms with Crippen molar-refractivity contribution in [2.45, 2.75) is 51.5 Å². The number of fused-ring (bicyclic) bond motifs is 1. The highest BCUT2D eigenvalue weighted by atomic mass is 16.2. The molecule has 0 radical (unpaired) electrons. The van der Waals surface area contributed by atoms with Gasteiger partial charge in [-0.3, -0.25) is 9.59 Å². The number of likely N-dealkylation sites (tertiary alicyclic amines) is 2. The molecular weight excluding hydrogens is 404 g/mol. The van der Waals surface area contributed by atoms with Crippen LogP contribution in [0.3, 0.4) is 0 Å². The number of aryl methyl sites for hydroxylation is 1. The van der Waals surface area contributed by atoms with Gasteiger partial charge in [0.15, 0.2) is 11.5 Å². The van der Waals surface area contributed by atoms with Gasteiger partial charge in [0, 0.05) is 49.2 Å². The number of pyridine rings is 2. The van der Waals surface area contributed by atoms with Crippen LogP contribution in [0.15, 0.2) is 36.5 Å². The van der Waals surface area contributed by atoms with Crippen molar-refractivity contribution in [3.05, 3.63) is 47.9 Å². The van der Waals surface area contributed by atoms with Crippen LogP contribution >= 0.6 is 0 Å². The van der Waals surface area contributed by atoms with E-state index < -0.39 is 0 Å². The number of carbonyl (C=O) groups is 2. The summed E-state index contributed by atoms with van der Waals surface area (Å²) in [6.45, 7) is 5.91. The van der Waals surface area contributed by atoms with Gasteiger partial charge in [-0.25, -0.2) is 9.97 Å². The molecule has 1 unspecified atom stereocenters. The monoisotopic (exact) mass is 432 g/mol. The second-order valence-corrected chi connectivity index (χ2v) is 8.76. The van der Waals surface area contributed by atoms with Crippen molar-refractivity contribution in [2.24, 2.45) is 0 Å². The lowest BCUT2D eigenvalue weighted by Gasteiger charge is -2.35. The van der Waals surface area contributed by atoms with Crippen LogP contribution in [0.5, 0.6) is 0 Å². The van der Waals surface area contributed by atoms with Crippen molar-refractivity contribution in [1.29, 1.82) is 0 Å². The van der Waals surface area contributed by atoms with Crippen molar-refractivity contribution in [1.82, 2.24) is 29.5 Å². The normalized spacial score (nSPS) is 18.5. The first-order valence-electron chi connectivity index (χ1n) is 11.4. The topological polar surface area (TPSA) is 84.2 Å². The first-order valence-corrected chi connectivity index (χ1v) is 11.4. The number of aromatic nitrogens is 4. The summed E-state index contributed by atoms with van der Waals surface area (Å²) < 4.78 is 1.81. The molecule has 5 heterocycles. The molecule has 166 valence electrons. The highest BCUT2D eigenvalue weighted by Crippen LogP contribution is 2.30. The van der Waals surface area contributed by atoms with Gasteiger partial charge < -0.3 is 9.80 Å². The zero-order chi connectivity index (χ0) is 22.2. The number of piperidine rings is 1. The third kappa shape index (κ3) is 3.63. The number of rotatable bonds is 4. The Bertz CT molecular complexity index is 1150. The van der Waals surface area contributed by atoms with Crippen LogP contribution in [-0.4, -0.2) is 67.0 Å². The van der Waals surface area contributed by atoms with E-state index in [1.165, 1.54) is 0 Å². The SMILES string of the molecule is Cc1nn(-c2ccccn2)c2nc(C3CCN(C(=O)C(C)N4CCCC4=O)CC3)ccc12. The smallest absolute Gasteiger partial charge is 0.245 e. The Morgan fingerprint density at radius 1 is 1.12 bits per heavy atom. The van der Waals surface area contributed by atoms with Crippen LogP contribution < -0.4 is 0 Å². The van der Waals surface area contributed by atoms with Gasteiger partial charge in [-0.1, -0.05) is 6.07 Å². The van der Waals surface area contributed by atoms with Crippen LogP contribution in [-0.2, 0) is 9.59 Å². The lowest BCUT2D eigenvalue weighted by Crippen LogP contribution is -2.49. The molecule has 0 saturated carbocycles. The number of amides is 2. The molecule has 5 rings (SSSR count). The lowest BCUT2D eigenvalue weighted by atomic mass is 9.92. The Kier molecular flexibility index (Phi) is 5.36. The summed E-state index contributed by atoms with van der Waals surface area (Å²) in [5.41, 5.74) is 2.78. The van der Waals surface area contributed by atoms with Crippen LogP contribution in [0.4, 0.5) is 0 Å². The van der Waals surface area contributed by atoms with E-state index in [1.807, 2.05) is 41.6 Å². The van der Waals surface area contributed by atoms with Crippen LogP contribution in [0.1, 0.15) is 49.9 Å². The molecule has 2 aliphatic heterocycles. The summed E-state index contributed by atoms with van der Waals surface area (Å²) in [5, 5.41) is 5.68. The summed E-state index contributed by atoms with van der Waals surface area (Å²) in [6, 6.07) is 9.57. The van der Waals surface area contributed by atoms with E-state index in [-0.39, 0.29) is 17.9 Å². The van der Waals surface area contributed by atoms with Crippen LogP contribution in [0.2, 0.25) is 0 Å². The van der Waals surface area contributed by atoms with Gasteiger partial charge in [0.25, 0.3) is 0 Å². The van der Waals surface area contributed by atoms with Gasteiger partial charge in [-0.2, -0.15) is 9.78 Å². The Morgan fingerprint density at radius 3 is 2.62 bits per heavy atom. The van der Waals surface area contributed by atoms with E-state index in [0.717, 1.165) is 47.5 Å². The fraction of sp³-hybridized carbons (Fsp3) is 0.458. The second-order valence-electron chi connectivity index (χ2n) is 8.76. The molecule has 2 saturated heterocycles. The first kappa shape index (κ1) is 20.6. The Morgan fingerprint density at radius 2 is 1.94 bits per heavy atom. The van der Waals surface area contributed by atoms with E-state index >= 15 is 0 Å². The largest absolute Gasteiger partial charge is 0.341 e. The van der Waals surface area contributed by atoms with Crippen molar-refractivity contribution in [2.75, 3.05) is 19.6 Å². The molecule has 1 atom stereocenters. The summed E-state index contributed by atoms with van der Waals surface area (Å²) >= 11 is 0. The minimum absolute atomic E-state index is 0.0611. The number of carbonyl (C=O) groups excluding carboxylic acids is 2. The van der Waals surface area contributed by atoms with E-state index in [1.54, 1.807) is 11.1 Å². The van der Waals surface area contributed by atoms with E-state index in [2.05, 4.69) is 22.2 Å². The molecule has 2 amide bonds. The van der Waals surface area contributed by atoms with Crippen molar-refractivity contribution < 1.29 is 9.59 Å². The average molecular weight is 433 g/mol. The minimum Gasteiger partial charge on any atom is -0.341 e. The molecule has 0 bridgehead atoms. The minimum atomic E-state index is -0.369. The van der Waals surface area contributed by atoms with Gasteiger partial charge in [0.2, 0.25) is 11.8 Å². The molecule has 3 aromatic heterocycles. The van der Waals surface area contributed by atoms with E-state index in [4.69, 9.17) is 4.98 Å². The van der Waals surface area contributed by atoms with Gasteiger partial charge in [-0.15, -0.1) is 0 Å². The maximum absolute atomic E-state index is 13.0. The third-order valence-electron chi connectivity index (χ3n) is 6.76. The third-order valence-corrected chi connectivity index (χ3v) is 6.76.